The molecule has 1 heterocycles. The first-order valence-corrected chi connectivity index (χ1v) is 7.38. The molecule has 0 spiro atoms. The number of amides is 1. The highest BCUT2D eigenvalue weighted by molar-refractivity contribution is 5.97. The Hall–Kier alpha value is -1.71. The number of benzene rings is 1. The molecule has 0 aliphatic carbocycles. The highest BCUT2D eigenvalue weighted by Gasteiger charge is 2.24. The van der Waals surface area contributed by atoms with Gasteiger partial charge in [0.1, 0.15) is 5.75 Å². The van der Waals surface area contributed by atoms with Crippen LogP contribution in [0, 0.1) is 5.92 Å². The van der Waals surface area contributed by atoms with Crippen LogP contribution in [0.15, 0.2) is 18.2 Å². The zero-order valence-electron chi connectivity index (χ0n) is 12.4. The molecule has 0 aromatic heterocycles. The fourth-order valence-corrected chi connectivity index (χ4v) is 2.89. The third-order valence-corrected chi connectivity index (χ3v) is 4.05. The van der Waals surface area contributed by atoms with Crippen LogP contribution >= 0.6 is 0 Å². The van der Waals surface area contributed by atoms with Gasteiger partial charge in [-0.2, -0.15) is 0 Å². The number of ether oxygens (including phenoxy) is 1. The minimum absolute atomic E-state index is 0.0526. The topological polar surface area (TPSA) is 55.6 Å². The summed E-state index contributed by atoms with van der Waals surface area (Å²) in [5.74, 6) is 1.39. The Morgan fingerprint density at radius 1 is 1.40 bits per heavy atom. The van der Waals surface area contributed by atoms with Crippen LogP contribution in [0.3, 0.4) is 0 Å². The van der Waals surface area contributed by atoms with Crippen LogP contribution in [-0.2, 0) is 0 Å². The first-order chi connectivity index (χ1) is 9.65. The van der Waals surface area contributed by atoms with Gasteiger partial charge < -0.3 is 15.4 Å². The van der Waals surface area contributed by atoms with E-state index in [9.17, 15) is 4.79 Å². The molecule has 4 nitrogen and oxygen atoms in total. The highest BCUT2D eigenvalue weighted by atomic mass is 16.5. The second-order valence-electron chi connectivity index (χ2n) is 5.48. The van der Waals surface area contributed by atoms with Crippen LogP contribution < -0.4 is 10.5 Å². The molecule has 0 saturated carbocycles. The lowest BCUT2D eigenvalue weighted by Crippen LogP contribution is -2.38. The third-order valence-electron chi connectivity index (χ3n) is 4.05. The average molecular weight is 276 g/mol. The summed E-state index contributed by atoms with van der Waals surface area (Å²) in [5.41, 5.74) is 6.95. The molecule has 1 amide bonds. The molecule has 0 unspecified atom stereocenters. The number of nitrogen functional groups attached to an aromatic ring is 1. The van der Waals surface area contributed by atoms with Gasteiger partial charge in [0.2, 0.25) is 0 Å². The Balaban J connectivity index is 2.05. The van der Waals surface area contributed by atoms with Crippen LogP contribution in [-0.4, -0.2) is 31.0 Å². The molecule has 2 N–H and O–H groups in total. The van der Waals surface area contributed by atoms with Crippen molar-refractivity contribution in [2.45, 2.75) is 32.6 Å². The summed E-state index contributed by atoms with van der Waals surface area (Å²) in [5, 5.41) is 0. The fraction of sp³-hybridized carbons (Fsp3) is 0.562. The van der Waals surface area contributed by atoms with Crippen LogP contribution in [0.2, 0.25) is 0 Å². The number of piperidine rings is 1. The number of hydrogen-bond acceptors (Lipinski definition) is 3. The van der Waals surface area contributed by atoms with E-state index in [1.54, 1.807) is 25.3 Å². The van der Waals surface area contributed by atoms with Gasteiger partial charge in [-0.05, 0) is 30.9 Å². The monoisotopic (exact) mass is 276 g/mol. The third kappa shape index (κ3) is 3.24. The largest absolute Gasteiger partial charge is 0.496 e. The van der Waals surface area contributed by atoms with Gasteiger partial charge in [0.25, 0.3) is 5.91 Å². The van der Waals surface area contributed by atoms with Gasteiger partial charge >= 0.3 is 0 Å². The first-order valence-electron chi connectivity index (χ1n) is 7.38. The Labute approximate surface area is 120 Å². The standard InChI is InChI=1S/C16H24N2O2/c1-3-4-12-7-9-18(10-8-12)16(19)14-6-5-13(17)11-15(14)20-2/h5-6,11-12H,3-4,7-10,17H2,1-2H3. The number of hydrogen-bond donors (Lipinski definition) is 1. The summed E-state index contributed by atoms with van der Waals surface area (Å²) in [6, 6.07) is 5.21. The summed E-state index contributed by atoms with van der Waals surface area (Å²) in [7, 11) is 1.57. The summed E-state index contributed by atoms with van der Waals surface area (Å²) in [4.78, 5) is 14.5. The van der Waals surface area contributed by atoms with E-state index in [1.807, 2.05) is 4.90 Å². The lowest BCUT2D eigenvalue weighted by Gasteiger charge is -2.32. The molecule has 4 heteroatoms. The van der Waals surface area contributed by atoms with Gasteiger partial charge in [0.15, 0.2) is 0 Å². The van der Waals surface area contributed by atoms with Crippen molar-refractivity contribution in [3.05, 3.63) is 23.8 Å². The maximum atomic E-state index is 12.6. The van der Waals surface area contributed by atoms with Crippen LogP contribution in [0.1, 0.15) is 43.0 Å². The van der Waals surface area contributed by atoms with Gasteiger partial charge in [0, 0.05) is 24.8 Å². The fourth-order valence-electron chi connectivity index (χ4n) is 2.89. The van der Waals surface area contributed by atoms with E-state index >= 15 is 0 Å². The number of nitrogens with two attached hydrogens (primary N) is 1. The molecule has 2 rings (SSSR count). The smallest absolute Gasteiger partial charge is 0.257 e. The van der Waals surface area contributed by atoms with Gasteiger partial charge in [-0.1, -0.05) is 19.8 Å². The lowest BCUT2D eigenvalue weighted by atomic mass is 9.92. The summed E-state index contributed by atoms with van der Waals surface area (Å²) >= 11 is 0. The predicted octanol–water partition coefficient (Wildman–Crippen LogP) is 2.93. The van der Waals surface area contributed by atoms with E-state index in [2.05, 4.69) is 6.92 Å². The van der Waals surface area contributed by atoms with Crippen LogP contribution in [0.5, 0.6) is 5.75 Å². The van der Waals surface area contributed by atoms with E-state index in [0.29, 0.717) is 17.0 Å². The number of rotatable bonds is 4. The molecule has 0 bridgehead atoms. The van der Waals surface area contributed by atoms with Gasteiger partial charge in [-0.3, -0.25) is 4.79 Å². The molecule has 0 atom stereocenters. The van der Waals surface area contributed by atoms with E-state index in [4.69, 9.17) is 10.5 Å². The Bertz CT molecular complexity index is 466. The second-order valence-corrected chi connectivity index (χ2v) is 5.48. The van der Waals surface area contributed by atoms with Gasteiger partial charge in [0.05, 0.1) is 12.7 Å². The molecule has 1 saturated heterocycles. The normalized spacial score (nSPS) is 16.2. The average Bonchev–Trinajstić information content (AvgIpc) is 2.47. The summed E-state index contributed by atoms with van der Waals surface area (Å²) < 4.78 is 5.27. The van der Waals surface area contributed by atoms with E-state index < -0.39 is 0 Å². The van der Waals surface area contributed by atoms with Crippen molar-refractivity contribution >= 4 is 11.6 Å². The Morgan fingerprint density at radius 2 is 2.10 bits per heavy atom. The van der Waals surface area contributed by atoms with Crippen molar-refractivity contribution in [2.75, 3.05) is 25.9 Å². The number of carbonyl (C=O) groups is 1. The van der Waals surface area contributed by atoms with Crippen molar-refractivity contribution in [3.8, 4) is 5.75 Å². The zero-order chi connectivity index (χ0) is 14.5. The van der Waals surface area contributed by atoms with Crippen molar-refractivity contribution in [2.24, 2.45) is 5.92 Å². The molecular formula is C16H24N2O2. The number of carbonyl (C=O) groups excluding carboxylic acids is 1. The van der Waals surface area contributed by atoms with Crippen molar-refractivity contribution in [1.82, 2.24) is 4.90 Å². The summed E-state index contributed by atoms with van der Waals surface area (Å²) in [6.45, 7) is 3.91. The summed E-state index contributed by atoms with van der Waals surface area (Å²) in [6.07, 6.45) is 4.71. The quantitative estimate of drug-likeness (QED) is 0.860. The van der Waals surface area contributed by atoms with Crippen molar-refractivity contribution in [3.63, 3.8) is 0 Å². The molecule has 1 aliphatic heterocycles. The van der Waals surface area contributed by atoms with E-state index in [-0.39, 0.29) is 5.91 Å². The van der Waals surface area contributed by atoms with Crippen LogP contribution in [0.25, 0.3) is 0 Å². The van der Waals surface area contributed by atoms with Crippen molar-refractivity contribution in [1.29, 1.82) is 0 Å². The minimum atomic E-state index is 0.0526. The maximum Gasteiger partial charge on any atom is 0.257 e. The molecule has 1 aromatic carbocycles. The highest BCUT2D eigenvalue weighted by Crippen LogP contribution is 2.26. The lowest BCUT2D eigenvalue weighted by molar-refractivity contribution is 0.0683. The molecule has 1 aliphatic rings. The van der Waals surface area contributed by atoms with Gasteiger partial charge in [-0.15, -0.1) is 0 Å². The predicted molar refractivity (Wildman–Crippen MR) is 80.9 cm³/mol. The van der Waals surface area contributed by atoms with Crippen molar-refractivity contribution < 1.29 is 9.53 Å². The molecule has 1 fully saturated rings. The Kier molecular flexibility index (Phi) is 4.88. The van der Waals surface area contributed by atoms with Crippen LogP contribution in [0.4, 0.5) is 5.69 Å². The number of methoxy groups -OCH3 is 1. The van der Waals surface area contributed by atoms with E-state index in [1.165, 1.54) is 12.8 Å². The Morgan fingerprint density at radius 3 is 2.70 bits per heavy atom. The maximum absolute atomic E-state index is 12.6. The number of anilines is 1. The van der Waals surface area contributed by atoms with E-state index in [0.717, 1.165) is 31.8 Å². The minimum Gasteiger partial charge on any atom is -0.496 e. The first kappa shape index (κ1) is 14.7. The molecule has 110 valence electrons. The number of nitrogens with zero attached hydrogens (tertiary/aromatic N) is 1. The van der Waals surface area contributed by atoms with Gasteiger partial charge in [-0.25, -0.2) is 0 Å². The molecular weight excluding hydrogens is 252 g/mol. The molecule has 20 heavy (non-hydrogen) atoms. The SMILES string of the molecule is CCCC1CCN(C(=O)c2ccc(N)cc2OC)CC1. The second kappa shape index (κ2) is 6.64. The molecule has 1 aromatic rings. The molecule has 0 radical (unpaired) electrons. The zero-order valence-corrected chi connectivity index (χ0v) is 12.4. The number of likely N-dealkylation sites (tertiary alicyclic amines) is 1.